The van der Waals surface area contributed by atoms with Crippen LogP contribution in [0.2, 0.25) is 0 Å². The van der Waals surface area contributed by atoms with Gasteiger partial charge >= 0.3 is 6.18 Å². The van der Waals surface area contributed by atoms with Crippen molar-refractivity contribution in [2.24, 2.45) is 0 Å². The zero-order valence-corrected chi connectivity index (χ0v) is 16.0. The van der Waals surface area contributed by atoms with Gasteiger partial charge in [0, 0.05) is 58.2 Å². The van der Waals surface area contributed by atoms with Gasteiger partial charge in [0.2, 0.25) is 5.95 Å². The van der Waals surface area contributed by atoms with E-state index in [2.05, 4.69) is 24.7 Å². The van der Waals surface area contributed by atoms with Crippen molar-refractivity contribution in [3.05, 3.63) is 41.9 Å². The minimum absolute atomic E-state index is 0.577. The lowest BCUT2D eigenvalue weighted by atomic mass is 10.2. The molecule has 0 saturated carbocycles. The molecular formula is C19H23F3N6O. The Kier molecular flexibility index (Phi) is 5.81. The fourth-order valence-corrected chi connectivity index (χ4v) is 3.51. The Morgan fingerprint density at radius 1 is 0.897 bits per heavy atom. The molecule has 10 heteroatoms. The monoisotopic (exact) mass is 408 g/mol. The van der Waals surface area contributed by atoms with Gasteiger partial charge in [-0.25, -0.2) is 4.98 Å². The van der Waals surface area contributed by atoms with Crippen molar-refractivity contribution in [1.82, 2.24) is 19.9 Å². The number of nitrogens with zero attached hydrogens (tertiary/aromatic N) is 6. The molecule has 2 aromatic heterocycles. The maximum atomic E-state index is 12.6. The van der Waals surface area contributed by atoms with Crippen LogP contribution in [0.25, 0.3) is 0 Å². The number of aromatic nitrogens is 3. The Balaban J connectivity index is 1.32. The van der Waals surface area contributed by atoms with Crippen molar-refractivity contribution < 1.29 is 17.9 Å². The van der Waals surface area contributed by atoms with Crippen molar-refractivity contribution in [1.29, 1.82) is 0 Å². The SMILES string of the molecule is FC(F)(F)c1ccc(CN2CCN(c3nccc(N4CCOCC4)n3)CC2)cn1. The lowest BCUT2D eigenvalue weighted by molar-refractivity contribution is -0.141. The number of piperazine rings is 1. The topological polar surface area (TPSA) is 57.6 Å². The second-order valence-electron chi connectivity index (χ2n) is 7.13. The van der Waals surface area contributed by atoms with E-state index in [1.165, 1.54) is 12.3 Å². The Morgan fingerprint density at radius 2 is 1.66 bits per heavy atom. The van der Waals surface area contributed by atoms with Crippen molar-refractivity contribution in [3.63, 3.8) is 0 Å². The fraction of sp³-hybridized carbons (Fsp3) is 0.526. The van der Waals surface area contributed by atoms with E-state index in [0.717, 1.165) is 56.7 Å². The molecule has 0 bridgehead atoms. The quantitative estimate of drug-likeness (QED) is 0.768. The summed E-state index contributed by atoms with van der Waals surface area (Å²) in [6, 6.07) is 4.45. The van der Waals surface area contributed by atoms with E-state index >= 15 is 0 Å². The van der Waals surface area contributed by atoms with E-state index in [0.29, 0.717) is 25.7 Å². The molecule has 2 fully saturated rings. The third kappa shape index (κ3) is 4.94. The van der Waals surface area contributed by atoms with Gasteiger partial charge in [0.1, 0.15) is 11.5 Å². The number of anilines is 2. The van der Waals surface area contributed by atoms with E-state index in [-0.39, 0.29) is 0 Å². The van der Waals surface area contributed by atoms with Gasteiger partial charge < -0.3 is 14.5 Å². The summed E-state index contributed by atoms with van der Waals surface area (Å²) in [6.45, 7) is 6.73. The second kappa shape index (κ2) is 8.50. The molecule has 156 valence electrons. The molecule has 4 rings (SSSR count). The number of hydrogen-bond acceptors (Lipinski definition) is 7. The maximum absolute atomic E-state index is 12.6. The zero-order chi connectivity index (χ0) is 20.3. The predicted octanol–water partition coefficient (Wildman–Crippen LogP) is 2.05. The molecule has 0 spiro atoms. The number of alkyl halides is 3. The zero-order valence-electron chi connectivity index (χ0n) is 16.0. The molecule has 7 nitrogen and oxygen atoms in total. The lowest BCUT2D eigenvalue weighted by Crippen LogP contribution is -2.46. The van der Waals surface area contributed by atoms with Crippen molar-refractivity contribution in [2.45, 2.75) is 12.7 Å². The Morgan fingerprint density at radius 3 is 2.31 bits per heavy atom. The third-order valence-corrected chi connectivity index (χ3v) is 5.14. The Labute approximate surface area is 167 Å². The minimum Gasteiger partial charge on any atom is -0.378 e. The predicted molar refractivity (Wildman–Crippen MR) is 102 cm³/mol. The first-order valence-electron chi connectivity index (χ1n) is 9.64. The molecule has 0 N–H and O–H groups in total. The number of rotatable bonds is 4. The van der Waals surface area contributed by atoms with Crippen LogP contribution in [-0.2, 0) is 17.5 Å². The maximum Gasteiger partial charge on any atom is 0.433 e. The molecule has 2 aromatic rings. The fourth-order valence-electron chi connectivity index (χ4n) is 3.51. The van der Waals surface area contributed by atoms with Crippen molar-refractivity contribution in [3.8, 4) is 0 Å². The van der Waals surface area contributed by atoms with E-state index in [9.17, 15) is 13.2 Å². The highest BCUT2D eigenvalue weighted by Crippen LogP contribution is 2.27. The molecule has 0 radical (unpaired) electrons. The van der Waals surface area contributed by atoms with Gasteiger partial charge in [0.05, 0.1) is 13.2 Å². The van der Waals surface area contributed by atoms with Gasteiger partial charge in [-0.1, -0.05) is 6.07 Å². The number of ether oxygens (including phenoxy) is 1. The van der Waals surface area contributed by atoms with E-state index in [4.69, 9.17) is 9.72 Å². The van der Waals surface area contributed by atoms with Crippen LogP contribution in [0.15, 0.2) is 30.6 Å². The largest absolute Gasteiger partial charge is 0.433 e. The van der Waals surface area contributed by atoms with E-state index < -0.39 is 11.9 Å². The molecule has 4 heterocycles. The standard InChI is InChI=1S/C19H23F3N6O/c20-19(21,22)16-2-1-15(13-24-16)14-26-5-7-28(8-6-26)18-23-4-3-17(25-18)27-9-11-29-12-10-27/h1-4,13H,5-12,14H2. The Bertz CT molecular complexity index is 802. The van der Waals surface area contributed by atoms with Gasteiger partial charge in [-0.3, -0.25) is 9.88 Å². The highest BCUT2D eigenvalue weighted by Gasteiger charge is 2.32. The number of hydrogen-bond donors (Lipinski definition) is 0. The highest BCUT2D eigenvalue weighted by molar-refractivity contribution is 5.44. The molecule has 2 aliphatic heterocycles. The van der Waals surface area contributed by atoms with E-state index in [1.807, 2.05) is 6.07 Å². The Hall–Kier alpha value is -2.46. The normalized spacial score (nSPS) is 18.9. The van der Waals surface area contributed by atoms with Gasteiger partial charge in [0.25, 0.3) is 0 Å². The van der Waals surface area contributed by atoms with Crippen LogP contribution in [0.5, 0.6) is 0 Å². The summed E-state index contributed by atoms with van der Waals surface area (Å²) in [6.07, 6.45) is -1.31. The molecule has 0 unspecified atom stereocenters. The van der Waals surface area contributed by atoms with Crippen LogP contribution >= 0.6 is 0 Å². The van der Waals surface area contributed by atoms with Crippen LogP contribution < -0.4 is 9.80 Å². The summed E-state index contributed by atoms with van der Waals surface area (Å²) in [7, 11) is 0. The summed E-state index contributed by atoms with van der Waals surface area (Å²) in [5.41, 5.74) is -0.0830. The summed E-state index contributed by atoms with van der Waals surface area (Å²) in [5, 5.41) is 0. The minimum atomic E-state index is -4.40. The van der Waals surface area contributed by atoms with E-state index in [1.54, 1.807) is 6.20 Å². The molecule has 2 aliphatic rings. The summed E-state index contributed by atoms with van der Waals surface area (Å²) in [4.78, 5) is 19.2. The van der Waals surface area contributed by atoms with Crippen LogP contribution in [0.3, 0.4) is 0 Å². The van der Waals surface area contributed by atoms with Crippen molar-refractivity contribution in [2.75, 3.05) is 62.3 Å². The van der Waals surface area contributed by atoms with Crippen molar-refractivity contribution >= 4 is 11.8 Å². The number of morpholine rings is 1. The summed E-state index contributed by atoms with van der Waals surface area (Å²) >= 11 is 0. The first-order chi connectivity index (χ1) is 14.0. The highest BCUT2D eigenvalue weighted by atomic mass is 19.4. The average Bonchev–Trinajstić information content (AvgIpc) is 2.75. The van der Waals surface area contributed by atoms with Crippen LogP contribution in [0, 0.1) is 0 Å². The molecule has 0 amide bonds. The average molecular weight is 408 g/mol. The first-order valence-corrected chi connectivity index (χ1v) is 9.64. The second-order valence-corrected chi connectivity index (χ2v) is 7.13. The molecule has 2 saturated heterocycles. The number of pyridine rings is 1. The molecular weight excluding hydrogens is 385 g/mol. The summed E-state index contributed by atoms with van der Waals surface area (Å²) < 4.78 is 43.3. The van der Waals surface area contributed by atoms with Crippen LogP contribution in [-0.4, -0.2) is 72.3 Å². The molecule has 0 aliphatic carbocycles. The van der Waals surface area contributed by atoms with Gasteiger partial charge in [-0.05, 0) is 17.7 Å². The van der Waals surface area contributed by atoms with Gasteiger partial charge in [0.15, 0.2) is 0 Å². The van der Waals surface area contributed by atoms with Gasteiger partial charge in [-0.2, -0.15) is 18.2 Å². The van der Waals surface area contributed by atoms with Gasteiger partial charge in [-0.15, -0.1) is 0 Å². The molecule has 29 heavy (non-hydrogen) atoms. The van der Waals surface area contributed by atoms with Crippen LogP contribution in [0.1, 0.15) is 11.3 Å². The molecule has 0 atom stereocenters. The smallest absolute Gasteiger partial charge is 0.378 e. The lowest BCUT2D eigenvalue weighted by Gasteiger charge is -2.35. The number of halogens is 3. The first kappa shape index (κ1) is 19.8. The van der Waals surface area contributed by atoms with Crippen LogP contribution in [0.4, 0.5) is 24.9 Å². The summed E-state index contributed by atoms with van der Waals surface area (Å²) in [5.74, 6) is 1.63. The third-order valence-electron chi connectivity index (χ3n) is 5.14. The molecule has 0 aromatic carbocycles.